The Morgan fingerprint density at radius 1 is 1.43 bits per heavy atom. The van der Waals surface area contributed by atoms with Crippen LogP contribution in [0, 0.1) is 16.7 Å². The van der Waals surface area contributed by atoms with Gasteiger partial charge in [-0.25, -0.2) is 0 Å². The number of hydrogen-bond acceptors (Lipinski definition) is 2. The minimum Gasteiger partial charge on any atom is -0.392 e. The number of fused-ring (bicyclic) bond motifs is 2. The van der Waals surface area contributed by atoms with Crippen molar-refractivity contribution in [2.75, 3.05) is 11.5 Å². The second-order valence-electron chi connectivity index (χ2n) is 5.50. The first-order valence-electron chi connectivity index (χ1n) is 5.80. The molecule has 0 radical (unpaired) electrons. The summed E-state index contributed by atoms with van der Waals surface area (Å²) in [6, 6.07) is 0. The van der Waals surface area contributed by atoms with Crippen LogP contribution in [0.3, 0.4) is 0 Å². The Bertz CT molecular complexity index is 226. The van der Waals surface area contributed by atoms with E-state index in [1.165, 1.54) is 18.6 Å². The second-order valence-corrected chi connectivity index (χ2v) is 6.78. The van der Waals surface area contributed by atoms with Crippen molar-refractivity contribution in [2.24, 2.45) is 16.7 Å². The molecule has 0 aromatic heterocycles. The van der Waals surface area contributed by atoms with Crippen LogP contribution in [0.1, 0.15) is 40.0 Å². The highest BCUT2D eigenvalue weighted by Crippen LogP contribution is 2.66. The topological polar surface area (TPSA) is 20.2 Å². The highest BCUT2D eigenvalue weighted by molar-refractivity contribution is 7.99. The highest BCUT2D eigenvalue weighted by atomic mass is 32.2. The molecule has 0 aliphatic heterocycles. The van der Waals surface area contributed by atoms with Crippen LogP contribution >= 0.6 is 11.8 Å². The molecule has 3 atom stereocenters. The Labute approximate surface area is 91.7 Å². The maximum atomic E-state index is 10.2. The molecule has 0 saturated heterocycles. The van der Waals surface area contributed by atoms with E-state index >= 15 is 0 Å². The average Bonchev–Trinajstić information content (AvgIpc) is 2.48. The number of thioether (sulfide) groups is 1. The van der Waals surface area contributed by atoms with Gasteiger partial charge in [-0.15, -0.1) is 0 Å². The van der Waals surface area contributed by atoms with Gasteiger partial charge in [0, 0.05) is 11.2 Å². The zero-order valence-electron chi connectivity index (χ0n) is 9.55. The van der Waals surface area contributed by atoms with E-state index in [2.05, 4.69) is 20.8 Å². The van der Waals surface area contributed by atoms with Crippen LogP contribution in [-0.4, -0.2) is 22.7 Å². The van der Waals surface area contributed by atoms with Gasteiger partial charge in [0.05, 0.1) is 6.10 Å². The van der Waals surface area contributed by atoms with Gasteiger partial charge in [0.25, 0.3) is 0 Å². The standard InChI is InChI=1S/C12H22OS/c1-4-14-8-12-6-5-9(7-10(12)13)11(12,2)3/h9-10,13H,4-8H2,1-3H3/t9-,10-,12-/m1/s1. The molecule has 2 bridgehead atoms. The minimum absolute atomic E-state index is 0.0321. The van der Waals surface area contributed by atoms with Crippen molar-refractivity contribution in [3.8, 4) is 0 Å². The monoisotopic (exact) mass is 214 g/mol. The molecule has 0 aromatic rings. The van der Waals surface area contributed by atoms with Gasteiger partial charge in [0.15, 0.2) is 0 Å². The average molecular weight is 214 g/mol. The third-order valence-corrected chi connectivity index (χ3v) is 6.08. The molecule has 0 aromatic carbocycles. The van der Waals surface area contributed by atoms with Gasteiger partial charge in [0.2, 0.25) is 0 Å². The van der Waals surface area contributed by atoms with Gasteiger partial charge in [-0.05, 0) is 36.3 Å². The van der Waals surface area contributed by atoms with Gasteiger partial charge >= 0.3 is 0 Å². The molecule has 0 spiro atoms. The van der Waals surface area contributed by atoms with Crippen LogP contribution in [-0.2, 0) is 0 Å². The lowest BCUT2D eigenvalue weighted by atomic mass is 9.70. The van der Waals surface area contributed by atoms with Gasteiger partial charge in [-0.1, -0.05) is 20.8 Å². The first kappa shape index (κ1) is 10.8. The lowest BCUT2D eigenvalue weighted by molar-refractivity contribution is 0.0168. The summed E-state index contributed by atoms with van der Waals surface area (Å²) in [5, 5.41) is 10.2. The summed E-state index contributed by atoms with van der Waals surface area (Å²) in [6.07, 6.45) is 3.61. The van der Waals surface area contributed by atoms with Crippen LogP contribution in [0.2, 0.25) is 0 Å². The van der Waals surface area contributed by atoms with Crippen LogP contribution in [0.4, 0.5) is 0 Å². The smallest absolute Gasteiger partial charge is 0.0612 e. The lowest BCUT2D eigenvalue weighted by Crippen LogP contribution is -2.41. The molecule has 2 aliphatic carbocycles. The SMILES string of the molecule is CCSC[C@]12CC[C@H](C[C@H]1O)C2(C)C. The molecule has 2 rings (SSSR count). The van der Waals surface area contributed by atoms with E-state index in [0.717, 1.165) is 18.1 Å². The van der Waals surface area contributed by atoms with Crippen molar-refractivity contribution in [3.05, 3.63) is 0 Å². The molecule has 1 nitrogen and oxygen atoms in total. The molecular weight excluding hydrogens is 192 g/mol. The Morgan fingerprint density at radius 2 is 2.14 bits per heavy atom. The van der Waals surface area contributed by atoms with Gasteiger partial charge < -0.3 is 5.11 Å². The first-order valence-corrected chi connectivity index (χ1v) is 6.96. The lowest BCUT2D eigenvalue weighted by Gasteiger charge is -2.40. The van der Waals surface area contributed by atoms with Crippen molar-refractivity contribution < 1.29 is 5.11 Å². The van der Waals surface area contributed by atoms with Crippen LogP contribution in [0.25, 0.3) is 0 Å². The Hall–Kier alpha value is 0.310. The fraction of sp³-hybridized carbons (Fsp3) is 1.00. The molecule has 14 heavy (non-hydrogen) atoms. The Morgan fingerprint density at radius 3 is 2.57 bits per heavy atom. The van der Waals surface area contributed by atoms with Gasteiger partial charge in [0.1, 0.15) is 0 Å². The molecule has 2 saturated carbocycles. The minimum atomic E-state index is -0.0321. The van der Waals surface area contributed by atoms with E-state index in [9.17, 15) is 5.11 Å². The van der Waals surface area contributed by atoms with E-state index in [0.29, 0.717) is 5.41 Å². The van der Waals surface area contributed by atoms with Crippen molar-refractivity contribution in [1.82, 2.24) is 0 Å². The summed E-state index contributed by atoms with van der Waals surface area (Å²) in [5.74, 6) is 3.11. The van der Waals surface area contributed by atoms with Gasteiger partial charge in [-0.3, -0.25) is 0 Å². The molecule has 0 heterocycles. The second kappa shape index (κ2) is 3.41. The summed E-state index contributed by atoms with van der Waals surface area (Å²) in [4.78, 5) is 0. The molecule has 2 aliphatic rings. The number of rotatable bonds is 3. The van der Waals surface area contributed by atoms with E-state index in [1.54, 1.807) is 0 Å². The summed E-state index contributed by atoms with van der Waals surface area (Å²) < 4.78 is 0. The quantitative estimate of drug-likeness (QED) is 0.779. The molecule has 82 valence electrons. The van der Waals surface area contributed by atoms with Crippen molar-refractivity contribution in [1.29, 1.82) is 0 Å². The van der Waals surface area contributed by atoms with Crippen molar-refractivity contribution in [3.63, 3.8) is 0 Å². The molecule has 2 fully saturated rings. The van der Waals surface area contributed by atoms with E-state index in [4.69, 9.17) is 0 Å². The van der Waals surface area contributed by atoms with Crippen LogP contribution < -0.4 is 0 Å². The van der Waals surface area contributed by atoms with Gasteiger partial charge in [-0.2, -0.15) is 11.8 Å². The third-order valence-electron chi connectivity index (χ3n) is 4.95. The molecular formula is C12H22OS. The highest BCUT2D eigenvalue weighted by Gasteiger charge is 2.63. The number of aliphatic hydroxyl groups excluding tert-OH is 1. The molecule has 1 N–H and O–H groups in total. The largest absolute Gasteiger partial charge is 0.392 e. The fourth-order valence-electron chi connectivity index (χ4n) is 3.66. The van der Waals surface area contributed by atoms with E-state index < -0.39 is 0 Å². The molecule has 0 unspecified atom stereocenters. The Balaban J connectivity index is 2.21. The molecule has 0 amide bonds. The maximum Gasteiger partial charge on any atom is 0.0612 e. The first-order chi connectivity index (χ1) is 6.54. The Kier molecular flexibility index (Phi) is 2.64. The predicted octanol–water partition coefficient (Wildman–Crippen LogP) is 2.93. The van der Waals surface area contributed by atoms with E-state index in [-0.39, 0.29) is 11.5 Å². The summed E-state index contributed by atoms with van der Waals surface area (Å²) in [5.41, 5.74) is 0.604. The predicted molar refractivity (Wildman–Crippen MR) is 62.6 cm³/mol. The third kappa shape index (κ3) is 1.19. The van der Waals surface area contributed by atoms with Crippen LogP contribution in [0.5, 0.6) is 0 Å². The van der Waals surface area contributed by atoms with Crippen molar-refractivity contribution >= 4 is 11.8 Å². The summed E-state index contributed by atoms with van der Waals surface area (Å²) in [7, 11) is 0. The summed E-state index contributed by atoms with van der Waals surface area (Å²) in [6.45, 7) is 6.95. The summed E-state index contributed by atoms with van der Waals surface area (Å²) >= 11 is 2.00. The van der Waals surface area contributed by atoms with Crippen LogP contribution in [0.15, 0.2) is 0 Å². The fourth-order valence-corrected chi connectivity index (χ4v) is 4.94. The number of hydrogen-bond donors (Lipinski definition) is 1. The maximum absolute atomic E-state index is 10.2. The normalized spacial score (nSPS) is 44.6. The number of aliphatic hydroxyl groups is 1. The zero-order valence-corrected chi connectivity index (χ0v) is 10.4. The zero-order chi connectivity index (χ0) is 10.4. The van der Waals surface area contributed by atoms with E-state index in [1.807, 2.05) is 11.8 Å². The van der Waals surface area contributed by atoms with Crippen molar-refractivity contribution in [2.45, 2.75) is 46.1 Å². The molecule has 2 heteroatoms.